The molecule has 27 heavy (non-hydrogen) atoms. The fraction of sp³-hybridized carbons (Fsp3) is 0.474. The van der Waals surface area contributed by atoms with Crippen LogP contribution in [0.15, 0.2) is 30.7 Å². The number of aromatic nitrogens is 5. The number of nitrogens with one attached hydrogen (secondary N) is 1. The Morgan fingerprint density at radius 2 is 1.89 bits per heavy atom. The Balaban J connectivity index is 1.33. The van der Waals surface area contributed by atoms with Gasteiger partial charge in [0.25, 0.3) is 0 Å². The molecule has 4 heterocycles. The molecule has 2 fully saturated rings. The third-order valence-electron chi connectivity index (χ3n) is 5.25. The van der Waals surface area contributed by atoms with Gasteiger partial charge in [0.2, 0.25) is 5.95 Å². The first kappa shape index (κ1) is 16.3. The number of rotatable bonds is 5. The number of anilines is 3. The summed E-state index contributed by atoms with van der Waals surface area (Å²) in [4.78, 5) is 18.3. The Bertz CT molecular complexity index is 940. The molecule has 1 saturated heterocycles. The topological polar surface area (TPSA) is 74.5 Å². The molecule has 140 valence electrons. The van der Waals surface area contributed by atoms with Gasteiger partial charge in [-0.3, -0.25) is 0 Å². The van der Waals surface area contributed by atoms with E-state index in [0.717, 1.165) is 55.8 Å². The van der Waals surface area contributed by atoms with Gasteiger partial charge in [0.1, 0.15) is 11.3 Å². The van der Waals surface area contributed by atoms with E-state index in [1.54, 1.807) is 0 Å². The molecule has 0 bridgehead atoms. The minimum absolute atomic E-state index is 0.649. The third kappa shape index (κ3) is 3.15. The Hall–Kier alpha value is -2.90. The average Bonchev–Trinajstić information content (AvgIpc) is 3.47. The van der Waals surface area contributed by atoms with Crippen molar-refractivity contribution in [1.29, 1.82) is 0 Å². The molecule has 1 aliphatic carbocycles. The van der Waals surface area contributed by atoms with Crippen LogP contribution in [0.2, 0.25) is 0 Å². The van der Waals surface area contributed by atoms with E-state index < -0.39 is 0 Å². The maximum atomic E-state index is 4.73. The van der Waals surface area contributed by atoms with Gasteiger partial charge in [-0.2, -0.15) is 10.1 Å². The van der Waals surface area contributed by atoms with Gasteiger partial charge < -0.3 is 15.1 Å². The Morgan fingerprint density at radius 3 is 2.67 bits per heavy atom. The number of hydrogen-bond acceptors (Lipinski definition) is 7. The van der Waals surface area contributed by atoms with Crippen LogP contribution in [0.4, 0.5) is 17.6 Å². The molecule has 5 rings (SSSR count). The summed E-state index contributed by atoms with van der Waals surface area (Å²) in [5, 5.41) is 7.98. The van der Waals surface area contributed by atoms with Crippen LogP contribution in [0.3, 0.4) is 0 Å². The van der Waals surface area contributed by atoms with Crippen LogP contribution in [-0.2, 0) is 0 Å². The van der Waals surface area contributed by atoms with Crippen LogP contribution >= 0.6 is 0 Å². The SMILES string of the molecule is CCNc1ccnc(N2CCN(c3nccn4nc(C5CC5)cc34)CC2)n1. The molecule has 1 saturated carbocycles. The van der Waals surface area contributed by atoms with Crippen molar-refractivity contribution in [2.24, 2.45) is 0 Å². The maximum absolute atomic E-state index is 4.73. The molecule has 1 N–H and O–H groups in total. The maximum Gasteiger partial charge on any atom is 0.227 e. The Labute approximate surface area is 158 Å². The summed E-state index contributed by atoms with van der Waals surface area (Å²) in [7, 11) is 0. The van der Waals surface area contributed by atoms with E-state index in [1.165, 1.54) is 18.5 Å². The van der Waals surface area contributed by atoms with Crippen LogP contribution < -0.4 is 15.1 Å². The van der Waals surface area contributed by atoms with Gasteiger partial charge in [-0.1, -0.05) is 0 Å². The summed E-state index contributed by atoms with van der Waals surface area (Å²) < 4.78 is 1.98. The van der Waals surface area contributed by atoms with Crippen molar-refractivity contribution >= 4 is 23.1 Å². The van der Waals surface area contributed by atoms with Crippen LogP contribution in [-0.4, -0.2) is 57.3 Å². The van der Waals surface area contributed by atoms with Gasteiger partial charge in [0, 0.05) is 57.2 Å². The lowest BCUT2D eigenvalue weighted by molar-refractivity contribution is 0.635. The predicted molar refractivity (Wildman–Crippen MR) is 106 cm³/mol. The molecular formula is C19H24N8. The zero-order valence-electron chi connectivity index (χ0n) is 15.5. The fourth-order valence-electron chi connectivity index (χ4n) is 3.65. The van der Waals surface area contributed by atoms with Crippen LogP contribution in [0, 0.1) is 0 Å². The van der Waals surface area contributed by atoms with E-state index in [1.807, 2.05) is 29.2 Å². The lowest BCUT2D eigenvalue weighted by atomic mass is 10.2. The van der Waals surface area contributed by atoms with Gasteiger partial charge in [-0.15, -0.1) is 0 Å². The van der Waals surface area contributed by atoms with E-state index in [0.29, 0.717) is 5.92 Å². The predicted octanol–water partition coefficient (Wildman–Crippen LogP) is 2.16. The molecule has 0 atom stereocenters. The second-order valence-corrected chi connectivity index (χ2v) is 7.17. The number of hydrogen-bond donors (Lipinski definition) is 1. The highest BCUT2D eigenvalue weighted by atomic mass is 15.3. The summed E-state index contributed by atoms with van der Waals surface area (Å²) in [6, 6.07) is 4.13. The molecule has 0 radical (unpaired) electrons. The van der Waals surface area contributed by atoms with Crippen molar-refractivity contribution < 1.29 is 0 Å². The molecule has 2 aliphatic rings. The molecule has 0 unspecified atom stereocenters. The van der Waals surface area contributed by atoms with Crippen molar-refractivity contribution in [3.63, 3.8) is 0 Å². The molecule has 3 aromatic rings. The van der Waals surface area contributed by atoms with Crippen LogP contribution in [0.25, 0.3) is 5.52 Å². The van der Waals surface area contributed by atoms with Crippen molar-refractivity contribution in [1.82, 2.24) is 24.6 Å². The second-order valence-electron chi connectivity index (χ2n) is 7.17. The standard InChI is InChI=1S/C19H24N8/c1-2-20-17-5-6-22-19(23-17)26-11-9-25(10-12-26)18-16-13-15(14-3-4-14)24-27(16)8-7-21-18/h5-8,13-14H,2-4,9-12H2,1H3,(H,20,22,23). The molecule has 8 nitrogen and oxygen atoms in total. The monoisotopic (exact) mass is 364 g/mol. The lowest BCUT2D eigenvalue weighted by Gasteiger charge is -2.35. The minimum Gasteiger partial charge on any atom is -0.370 e. The van der Waals surface area contributed by atoms with Crippen molar-refractivity contribution in [2.75, 3.05) is 47.8 Å². The smallest absolute Gasteiger partial charge is 0.227 e. The normalized spacial score (nSPS) is 17.5. The van der Waals surface area contributed by atoms with E-state index in [-0.39, 0.29) is 0 Å². The highest BCUT2D eigenvalue weighted by molar-refractivity contribution is 5.70. The highest BCUT2D eigenvalue weighted by Gasteiger charge is 2.28. The summed E-state index contributed by atoms with van der Waals surface area (Å²) >= 11 is 0. The van der Waals surface area contributed by atoms with E-state index in [4.69, 9.17) is 5.10 Å². The molecule has 3 aromatic heterocycles. The zero-order chi connectivity index (χ0) is 18.2. The Kier molecular flexibility index (Phi) is 4.03. The molecule has 0 spiro atoms. The van der Waals surface area contributed by atoms with Crippen molar-refractivity contribution in [3.05, 3.63) is 36.4 Å². The third-order valence-corrected chi connectivity index (χ3v) is 5.25. The number of piperazine rings is 1. The van der Waals surface area contributed by atoms with Gasteiger partial charge in [-0.25, -0.2) is 14.5 Å². The summed E-state index contributed by atoms with van der Waals surface area (Å²) in [5.41, 5.74) is 2.31. The molecule has 0 amide bonds. The van der Waals surface area contributed by atoms with Gasteiger partial charge in [-0.05, 0) is 31.9 Å². The van der Waals surface area contributed by atoms with Crippen molar-refractivity contribution in [2.45, 2.75) is 25.7 Å². The summed E-state index contributed by atoms with van der Waals surface area (Å²) in [6.45, 7) is 6.47. The molecular weight excluding hydrogens is 340 g/mol. The van der Waals surface area contributed by atoms with Gasteiger partial charge in [0.15, 0.2) is 5.82 Å². The Morgan fingerprint density at radius 1 is 1.07 bits per heavy atom. The zero-order valence-corrected chi connectivity index (χ0v) is 15.5. The first-order chi connectivity index (χ1) is 13.3. The molecule has 0 aromatic carbocycles. The van der Waals surface area contributed by atoms with E-state index >= 15 is 0 Å². The number of nitrogens with zero attached hydrogens (tertiary/aromatic N) is 7. The first-order valence-corrected chi connectivity index (χ1v) is 9.73. The summed E-state index contributed by atoms with van der Waals surface area (Å²) in [5.74, 6) is 3.34. The lowest BCUT2D eigenvalue weighted by Crippen LogP contribution is -2.47. The average molecular weight is 364 g/mol. The van der Waals surface area contributed by atoms with Crippen LogP contribution in [0.5, 0.6) is 0 Å². The van der Waals surface area contributed by atoms with Gasteiger partial charge >= 0.3 is 0 Å². The van der Waals surface area contributed by atoms with E-state index in [9.17, 15) is 0 Å². The quantitative estimate of drug-likeness (QED) is 0.743. The first-order valence-electron chi connectivity index (χ1n) is 9.73. The minimum atomic E-state index is 0.649. The van der Waals surface area contributed by atoms with Crippen molar-refractivity contribution in [3.8, 4) is 0 Å². The van der Waals surface area contributed by atoms with E-state index in [2.05, 4.69) is 43.1 Å². The van der Waals surface area contributed by atoms with Gasteiger partial charge in [0.05, 0.1) is 5.69 Å². The molecule has 1 aliphatic heterocycles. The largest absolute Gasteiger partial charge is 0.370 e. The fourth-order valence-corrected chi connectivity index (χ4v) is 3.65. The van der Waals surface area contributed by atoms with Crippen LogP contribution in [0.1, 0.15) is 31.4 Å². The highest BCUT2D eigenvalue weighted by Crippen LogP contribution is 2.40. The second kappa shape index (κ2) is 6.68. The number of fused-ring (bicyclic) bond motifs is 1. The molecule has 8 heteroatoms. The summed E-state index contributed by atoms with van der Waals surface area (Å²) in [6.07, 6.45) is 8.14.